The van der Waals surface area contributed by atoms with Crippen molar-refractivity contribution in [2.45, 2.75) is 13.0 Å². The highest BCUT2D eigenvalue weighted by Gasteiger charge is 2.41. The Morgan fingerprint density at radius 3 is 2.04 bits per heavy atom. The van der Waals surface area contributed by atoms with Gasteiger partial charge in [0.15, 0.2) is 0 Å². The summed E-state index contributed by atoms with van der Waals surface area (Å²) < 4.78 is 5.18. The van der Waals surface area contributed by atoms with Gasteiger partial charge in [-0.2, -0.15) is 0 Å². The number of esters is 1. The Bertz CT molecular complexity index is 806. The van der Waals surface area contributed by atoms with Crippen molar-refractivity contribution in [3.63, 3.8) is 0 Å². The number of nitrogens with zero attached hydrogens (tertiary/aromatic N) is 1. The van der Waals surface area contributed by atoms with E-state index in [4.69, 9.17) is 4.74 Å². The average molecular weight is 323 g/mol. The second kappa shape index (κ2) is 6.08. The molecular formula is C18H13NO5. The van der Waals surface area contributed by atoms with E-state index in [0.717, 1.165) is 4.90 Å². The first-order valence-corrected chi connectivity index (χ1v) is 7.27. The first kappa shape index (κ1) is 15.6. The molecule has 0 bridgehead atoms. The van der Waals surface area contributed by atoms with Gasteiger partial charge in [0.25, 0.3) is 11.8 Å². The highest BCUT2D eigenvalue weighted by molar-refractivity contribution is 6.22. The van der Waals surface area contributed by atoms with E-state index in [9.17, 15) is 19.2 Å². The minimum atomic E-state index is -1.07. The first-order valence-electron chi connectivity index (χ1n) is 7.27. The molecule has 0 fully saturated rings. The molecule has 2 aromatic rings. The molecule has 6 heteroatoms. The second-order valence-electron chi connectivity index (χ2n) is 5.31. The number of carbonyl (C=O) groups is 4. The number of amides is 2. The maximum Gasteiger partial charge on any atom is 0.334 e. The van der Waals surface area contributed by atoms with Crippen LogP contribution >= 0.6 is 0 Å². The van der Waals surface area contributed by atoms with Crippen LogP contribution in [0.25, 0.3) is 0 Å². The number of ether oxygens (including phenoxy) is 1. The van der Waals surface area contributed by atoms with Crippen molar-refractivity contribution in [2.75, 3.05) is 0 Å². The van der Waals surface area contributed by atoms with Crippen LogP contribution in [-0.4, -0.2) is 35.0 Å². The van der Waals surface area contributed by atoms with Crippen LogP contribution in [0, 0.1) is 0 Å². The summed E-state index contributed by atoms with van der Waals surface area (Å²) in [7, 11) is 0. The van der Waals surface area contributed by atoms with Crippen molar-refractivity contribution >= 4 is 24.1 Å². The fourth-order valence-corrected chi connectivity index (χ4v) is 2.48. The monoisotopic (exact) mass is 323 g/mol. The summed E-state index contributed by atoms with van der Waals surface area (Å²) in [5, 5.41) is 0. The zero-order valence-electron chi connectivity index (χ0n) is 12.8. The van der Waals surface area contributed by atoms with Crippen LogP contribution < -0.4 is 4.74 Å². The summed E-state index contributed by atoms with van der Waals surface area (Å²) in [4.78, 5) is 48.5. The van der Waals surface area contributed by atoms with Crippen molar-refractivity contribution in [1.29, 1.82) is 0 Å². The number of imide groups is 1. The SMILES string of the molecule is C[C@H](C(=O)Oc1ccc(C=O)cc1)N1C(=O)c2ccccc2C1=O. The van der Waals surface area contributed by atoms with Crippen LogP contribution in [0.4, 0.5) is 0 Å². The standard InChI is InChI=1S/C18H13NO5/c1-11(18(23)24-13-8-6-12(10-20)7-9-13)19-16(21)14-4-2-3-5-15(14)17(19)22/h2-11H,1H3/t11-/m1/s1. The normalized spacial score (nSPS) is 14.3. The Morgan fingerprint density at radius 1 is 1.00 bits per heavy atom. The fraction of sp³-hybridized carbons (Fsp3) is 0.111. The fourth-order valence-electron chi connectivity index (χ4n) is 2.48. The van der Waals surface area contributed by atoms with Crippen LogP contribution in [0.5, 0.6) is 5.75 Å². The highest BCUT2D eigenvalue weighted by atomic mass is 16.5. The van der Waals surface area contributed by atoms with E-state index < -0.39 is 23.8 Å². The lowest BCUT2D eigenvalue weighted by molar-refractivity contribution is -0.138. The first-order chi connectivity index (χ1) is 11.5. The van der Waals surface area contributed by atoms with Gasteiger partial charge >= 0.3 is 5.97 Å². The van der Waals surface area contributed by atoms with Gasteiger partial charge in [0.05, 0.1) is 11.1 Å². The van der Waals surface area contributed by atoms with E-state index in [1.54, 1.807) is 24.3 Å². The summed E-state index contributed by atoms with van der Waals surface area (Å²) in [6, 6.07) is 11.3. The minimum absolute atomic E-state index is 0.231. The van der Waals surface area contributed by atoms with Crippen molar-refractivity contribution in [3.05, 3.63) is 65.2 Å². The van der Waals surface area contributed by atoms with Crippen LogP contribution in [0.3, 0.4) is 0 Å². The Hall–Kier alpha value is -3.28. The number of fused-ring (bicyclic) bond motifs is 1. The topological polar surface area (TPSA) is 80.8 Å². The summed E-state index contributed by atoms with van der Waals surface area (Å²) >= 11 is 0. The van der Waals surface area contributed by atoms with E-state index in [-0.39, 0.29) is 16.9 Å². The quantitative estimate of drug-likeness (QED) is 0.372. The number of benzene rings is 2. The highest BCUT2D eigenvalue weighted by Crippen LogP contribution is 2.25. The van der Waals surface area contributed by atoms with Gasteiger partial charge in [0.2, 0.25) is 0 Å². The summed E-state index contributed by atoms with van der Waals surface area (Å²) in [5.41, 5.74) is 0.998. The van der Waals surface area contributed by atoms with Crippen LogP contribution in [0.1, 0.15) is 38.0 Å². The van der Waals surface area contributed by atoms with Crippen LogP contribution in [0.2, 0.25) is 0 Å². The molecule has 1 heterocycles. The summed E-state index contributed by atoms with van der Waals surface area (Å²) in [5.74, 6) is -1.54. The maximum atomic E-state index is 12.3. The third kappa shape index (κ3) is 2.58. The lowest BCUT2D eigenvalue weighted by atomic mass is 10.1. The van der Waals surface area contributed by atoms with Gasteiger partial charge in [-0.25, -0.2) is 4.79 Å². The van der Waals surface area contributed by atoms with Gasteiger partial charge in [-0.3, -0.25) is 19.3 Å². The number of hydrogen-bond donors (Lipinski definition) is 0. The van der Waals surface area contributed by atoms with Crippen LogP contribution in [-0.2, 0) is 4.79 Å². The Balaban J connectivity index is 1.77. The third-order valence-corrected chi connectivity index (χ3v) is 3.79. The van der Waals surface area contributed by atoms with Gasteiger partial charge in [0, 0.05) is 5.56 Å². The molecule has 2 aromatic carbocycles. The molecular weight excluding hydrogens is 310 g/mol. The number of rotatable bonds is 4. The molecule has 0 N–H and O–H groups in total. The molecule has 1 atom stereocenters. The lowest BCUT2D eigenvalue weighted by Gasteiger charge is -2.20. The molecule has 6 nitrogen and oxygen atoms in total. The largest absolute Gasteiger partial charge is 0.425 e. The molecule has 120 valence electrons. The molecule has 3 rings (SSSR count). The van der Waals surface area contributed by atoms with E-state index in [2.05, 4.69) is 0 Å². The molecule has 24 heavy (non-hydrogen) atoms. The predicted octanol–water partition coefficient (Wildman–Crippen LogP) is 2.09. The maximum absolute atomic E-state index is 12.3. The van der Waals surface area contributed by atoms with Crippen molar-refractivity contribution in [2.24, 2.45) is 0 Å². The molecule has 1 aliphatic heterocycles. The van der Waals surface area contributed by atoms with Gasteiger partial charge < -0.3 is 4.74 Å². The molecule has 0 radical (unpaired) electrons. The minimum Gasteiger partial charge on any atom is -0.425 e. The number of carbonyl (C=O) groups excluding carboxylic acids is 4. The van der Waals surface area contributed by atoms with Crippen molar-refractivity contribution in [3.8, 4) is 5.75 Å². The average Bonchev–Trinajstić information content (AvgIpc) is 2.86. The molecule has 0 unspecified atom stereocenters. The van der Waals surface area contributed by atoms with Gasteiger partial charge in [-0.1, -0.05) is 12.1 Å². The zero-order chi connectivity index (χ0) is 17.3. The Labute approximate surface area is 137 Å². The molecule has 0 aliphatic carbocycles. The van der Waals surface area contributed by atoms with E-state index in [1.807, 2.05) is 0 Å². The molecule has 2 amide bonds. The predicted molar refractivity (Wildman–Crippen MR) is 83.9 cm³/mol. The Kier molecular flexibility index (Phi) is 3.95. The van der Waals surface area contributed by atoms with E-state index >= 15 is 0 Å². The Morgan fingerprint density at radius 2 is 1.54 bits per heavy atom. The third-order valence-electron chi connectivity index (χ3n) is 3.79. The summed E-state index contributed by atoms with van der Waals surface area (Å²) in [6.45, 7) is 1.43. The van der Waals surface area contributed by atoms with E-state index in [1.165, 1.54) is 31.2 Å². The zero-order valence-corrected chi connectivity index (χ0v) is 12.8. The van der Waals surface area contributed by atoms with Gasteiger partial charge in [-0.15, -0.1) is 0 Å². The second-order valence-corrected chi connectivity index (χ2v) is 5.31. The number of aldehydes is 1. The van der Waals surface area contributed by atoms with Gasteiger partial charge in [-0.05, 0) is 43.3 Å². The lowest BCUT2D eigenvalue weighted by Crippen LogP contribution is -2.44. The summed E-state index contributed by atoms with van der Waals surface area (Å²) in [6.07, 6.45) is 0.674. The van der Waals surface area contributed by atoms with Crippen LogP contribution in [0.15, 0.2) is 48.5 Å². The molecule has 0 spiro atoms. The van der Waals surface area contributed by atoms with Crippen molar-refractivity contribution in [1.82, 2.24) is 4.90 Å². The molecule has 0 saturated carbocycles. The molecule has 0 saturated heterocycles. The number of hydrogen-bond acceptors (Lipinski definition) is 5. The molecule has 0 aromatic heterocycles. The molecule has 1 aliphatic rings. The van der Waals surface area contributed by atoms with Gasteiger partial charge in [0.1, 0.15) is 18.1 Å². The smallest absolute Gasteiger partial charge is 0.334 e. The van der Waals surface area contributed by atoms with E-state index in [0.29, 0.717) is 11.8 Å². The van der Waals surface area contributed by atoms with Crippen molar-refractivity contribution < 1.29 is 23.9 Å².